The van der Waals surface area contributed by atoms with E-state index in [1.165, 1.54) is 6.33 Å². The molecule has 1 aromatic carbocycles. The molecule has 2 N–H and O–H groups in total. The molecule has 0 unspecified atom stereocenters. The van der Waals surface area contributed by atoms with Gasteiger partial charge in [-0.25, -0.2) is 29.0 Å². The maximum Gasteiger partial charge on any atom is 0.160 e. The Hall–Kier alpha value is -9.78. The fourth-order valence-electron chi connectivity index (χ4n) is 6.33. The fourth-order valence-corrected chi connectivity index (χ4v) is 6.33. The molecule has 73 heavy (non-hydrogen) atoms. The number of pyridine rings is 6. The van der Waals surface area contributed by atoms with Crippen LogP contribution in [-0.4, -0.2) is 105 Å². The summed E-state index contributed by atoms with van der Waals surface area (Å²) >= 11 is 0. The van der Waals surface area contributed by atoms with Crippen molar-refractivity contribution in [1.82, 2.24) is 77.8 Å². The molecule has 15 rings (SSSR count). The summed E-state index contributed by atoms with van der Waals surface area (Å²) < 4.78 is 14.4. The summed E-state index contributed by atoms with van der Waals surface area (Å²) in [4.78, 5) is 33.3. The molecule has 0 atom stereocenters. The van der Waals surface area contributed by atoms with Gasteiger partial charge in [-0.05, 0) is 97.1 Å². The predicted molar refractivity (Wildman–Crippen MR) is 283 cm³/mol. The third-order valence-electron chi connectivity index (χ3n) is 9.89. The van der Waals surface area contributed by atoms with Crippen LogP contribution in [0.2, 0.25) is 0 Å². The number of carbonyl (C=O) groups excluding carboxylic acids is 1. The molecule has 0 spiro atoms. The van der Waals surface area contributed by atoms with Crippen LogP contribution in [0, 0.1) is 0 Å². The summed E-state index contributed by atoms with van der Waals surface area (Å²) in [6, 6.07) is 45.0. The van der Waals surface area contributed by atoms with Crippen molar-refractivity contribution < 1.29 is 9.53 Å². The highest BCUT2D eigenvalue weighted by Crippen LogP contribution is 2.06. The van der Waals surface area contributed by atoms with Crippen molar-refractivity contribution in [1.29, 1.82) is 0 Å². The monoisotopic (exact) mass is 970 g/mol. The molecule has 13 heterocycles. The molecule has 18 nitrogen and oxygen atoms in total. The van der Waals surface area contributed by atoms with Crippen molar-refractivity contribution in [2.75, 3.05) is 26.3 Å². The quantitative estimate of drug-likeness (QED) is 0.147. The third-order valence-corrected chi connectivity index (χ3v) is 9.89. The summed E-state index contributed by atoms with van der Waals surface area (Å²) in [5.41, 5.74) is 7.03. The lowest BCUT2D eigenvalue weighted by Crippen LogP contribution is -2.30. The van der Waals surface area contributed by atoms with E-state index in [1.807, 2.05) is 213 Å². The fraction of sp³-hybridized carbons (Fsp3) is 0.0909. The summed E-state index contributed by atoms with van der Waals surface area (Å²) in [6.45, 7) is 3.83. The number of aromatic amines is 1. The first kappa shape index (κ1) is 51.1. The van der Waals surface area contributed by atoms with Crippen LogP contribution in [-0.2, 0) is 9.53 Å². The van der Waals surface area contributed by atoms with Gasteiger partial charge < -0.3 is 23.8 Å². The molecular formula is C55H54N16O2. The van der Waals surface area contributed by atoms with Gasteiger partial charge in [-0.2, -0.15) is 10.2 Å². The maximum atomic E-state index is 10.3. The van der Waals surface area contributed by atoms with Crippen LogP contribution in [0.15, 0.2) is 257 Å². The van der Waals surface area contributed by atoms with E-state index in [9.17, 15) is 4.79 Å². The van der Waals surface area contributed by atoms with Gasteiger partial charge in [0.15, 0.2) is 17.1 Å². The van der Waals surface area contributed by atoms with Gasteiger partial charge in [0.25, 0.3) is 0 Å². The van der Waals surface area contributed by atoms with E-state index >= 15 is 0 Å². The average molecular weight is 971 g/mol. The first-order chi connectivity index (χ1) is 36.2. The third kappa shape index (κ3) is 17.9. The Balaban J connectivity index is 0.000000121. The zero-order valence-electron chi connectivity index (χ0n) is 39.9. The Morgan fingerprint density at radius 3 is 1.70 bits per heavy atom. The summed E-state index contributed by atoms with van der Waals surface area (Å²) in [6.07, 6.45) is 34.9. The molecule has 18 heteroatoms. The van der Waals surface area contributed by atoms with Crippen molar-refractivity contribution in [3.63, 3.8) is 0 Å². The number of aromatic nitrogens is 15. The number of imidazole rings is 3. The highest BCUT2D eigenvalue weighted by atomic mass is 16.5. The first-order valence-electron chi connectivity index (χ1n) is 23.2. The van der Waals surface area contributed by atoms with Gasteiger partial charge in [0.1, 0.15) is 23.9 Å². The second-order valence-electron chi connectivity index (χ2n) is 15.0. The SMILES string of the molecule is C1COCCN1.O=C1C=CC=CC1.c1ccc2[nH]cnc2c1.c1ccn2ccnc2c1.c1ccn2ccnc2c1.c1ccn2cnnc2c1.c1ccn2nccc2c1.c1ccn2ncnc2c1.c1ccncc1. The number of hydrogen-bond acceptors (Lipinski definition) is 12. The van der Waals surface area contributed by atoms with Gasteiger partial charge in [-0.3, -0.25) is 14.2 Å². The number of carbonyl (C=O) groups is 1. The average Bonchev–Trinajstić information content (AvgIpc) is 4.35. The molecule has 1 aliphatic heterocycles. The highest BCUT2D eigenvalue weighted by molar-refractivity contribution is 5.92. The number of allylic oxidation sites excluding steroid dienone is 4. The second-order valence-corrected chi connectivity index (χ2v) is 15.0. The van der Waals surface area contributed by atoms with Gasteiger partial charge >= 0.3 is 0 Å². The number of nitrogens with zero attached hydrogens (tertiary/aromatic N) is 14. The number of fused-ring (bicyclic) bond motifs is 6. The van der Waals surface area contributed by atoms with E-state index in [4.69, 9.17) is 4.74 Å². The van der Waals surface area contributed by atoms with Crippen molar-refractivity contribution in [3.05, 3.63) is 257 Å². The van der Waals surface area contributed by atoms with Crippen LogP contribution in [0.4, 0.5) is 0 Å². The van der Waals surface area contributed by atoms with Gasteiger partial charge in [0.05, 0.1) is 36.1 Å². The second kappa shape index (κ2) is 30.0. The minimum absolute atomic E-state index is 0.197. The van der Waals surface area contributed by atoms with Gasteiger partial charge in [-0.1, -0.05) is 66.8 Å². The van der Waals surface area contributed by atoms with Gasteiger partial charge in [-0.15, -0.1) is 10.2 Å². The van der Waals surface area contributed by atoms with E-state index in [-0.39, 0.29) is 5.78 Å². The van der Waals surface area contributed by atoms with E-state index in [2.05, 4.69) is 55.6 Å². The molecule has 0 saturated carbocycles. The number of ketones is 1. The molecule has 0 radical (unpaired) electrons. The van der Waals surface area contributed by atoms with Crippen molar-refractivity contribution in [3.8, 4) is 0 Å². The van der Waals surface area contributed by atoms with Crippen LogP contribution in [0.25, 0.3) is 39.1 Å². The normalized spacial score (nSPS) is 11.9. The van der Waals surface area contributed by atoms with Crippen molar-refractivity contribution >= 4 is 44.9 Å². The summed E-state index contributed by atoms with van der Waals surface area (Å²) in [5.74, 6) is 0.197. The van der Waals surface area contributed by atoms with Crippen LogP contribution >= 0.6 is 0 Å². The smallest absolute Gasteiger partial charge is 0.160 e. The van der Waals surface area contributed by atoms with Crippen LogP contribution in [0.1, 0.15) is 6.42 Å². The zero-order chi connectivity index (χ0) is 50.2. The first-order valence-corrected chi connectivity index (χ1v) is 23.2. The number of nitrogens with one attached hydrogen (secondary N) is 2. The summed E-state index contributed by atoms with van der Waals surface area (Å²) in [5, 5.41) is 18.7. The van der Waals surface area contributed by atoms with Gasteiger partial charge in [0.2, 0.25) is 0 Å². The van der Waals surface area contributed by atoms with E-state index < -0.39 is 0 Å². The molecule has 12 aromatic heterocycles. The minimum Gasteiger partial charge on any atom is -0.379 e. The number of benzene rings is 1. The largest absolute Gasteiger partial charge is 0.379 e. The number of rotatable bonds is 0. The molecule has 0 bridgehead atoms. The van der Waals surface area contributed by atoms with E-state index in [1.54, 1.807) is 60.3 Å². The van der Waals surface area contributed by atoms with Crippen LogP contribution in [0.5, 0.6) is 0 Å². The molecule has 0 amide bonds. The summed E-state index contributed by atoms with van der Waals surface area (Å²) in [7, 11) is 0. The molecule has 1 fully saturated rings. The lowest BCUT2D eigenvalue weighted by atomic mass is 10.2. The lowest BCUT2D eigenvalue weighted by Gasteiger charge is -2.10. The molecule has 2 aliphatic rings. The number of ether oxygens (including phenoxy) is 1. The Bertz CT molecular complexity index is 2860. The van der Waals surface area contributed by atoms with Crippen LogP contribution in [0.3, 0.4) is 0 Å². The molecular weight excluding hydrogens is 917 g/mol. The Morgan fingerprint density at radius 1 is 0.507 bits per heavy atom. The molecule has 1 aliphatic carbocycles. The minimum atomic E-state index is 0.197. The Kier molecular flexibility index (Phi) is 21.0. The van der Waals surface area contributed by atoms with Crippen LogP contribution < -0.4 is 5.32 Å². The van der Waals surface area contributed by atoms with E-state index in [0.717, 1.165) is 65.4 Å². The molecule has 13 aromatic rings. The van der Waals surface area contributed by atoms with Crippen molar-refractivity contribution in [2.24, 2.45) is 0 Å². The molecule has 366 valence electrons. The predicted octanol–water partition coefficient (Wildman–Crippen LogP) is 8.78. The maximum absolute atomic E-state index is 10.3. The topological polar surface area (TPSA) is 192 Å². The van der Waals surface area contributed by atoms with Crippen molar-refractivity contribution in [2.45, 2.75) is 6.42 Å². The number of hydrogen-bond donors (Lipinski definition) is 2. The number of para-hydroxylation sites is 2. The van der Waals surface area contributed by atoms with E-state index in [0.29, 0.717) is 6.42 Å². The standard InChI is InChI=1S/4C7H6N2.2C6H5N3.C6H6O.C5H5N.C4H9NO/c1-2-6-9-7(3-1)4-5-8-9;2*1-2-5-9-6-4-8-7(9)3-1;1-2-4-7-6(3-1)8-5-9-7;1-2-4-9-5-7-8-6(9)3-1;1-2-4-9-6(3-1)7-5-8-9;7-6-4-2-1-3-5-6;1-2-4-6-5-3-1;1-3-6-4-2-5-1/h3*1-6H;1-5H,(H,8,9);2*1-5H;1-4H,5H2;1-5H;5H,1-4H2. The Morgan fingerprint density at radius 2 is 1.15 bits per heavy atom. The van der Waals surface area contributed by atoms with Gasteiger partial charge in [0, 0.05) is 93.9 Å². The number of H-pyrrole nitrogens is 1. The Labute approximate surface area is 420 Å². The molecule has 1 saturated heterocycles. The highest BCUT2D eigenvalue weighted by Gasteiger charge is 1.94. The zero-order valence-corrected chi connectivity index (χ0v) is 39.9. The lowest BCUT2D eigenvalue weighted by molar-refractivity contribution is -0.113. The number of morpholine rings is 1.